The number of nitrogens with zero attached hydrogens (tertiary/aromatic N) is 1. The van der Waals surface area contributed by atoms with E-state index in [0.29, 0.717) is 5.92 Å². The van der Waals surface area contributed by atoms with Gasteiger partial charge in [0.15, 0.2) is 0 Å². The first-order valence-electron chi connectivity index (χ1n) is 6.10. The monoisotopic (exact) mass is 226 g/mol. The molecule has 0 radical (unpaired) electrons. The summed E-state index contributed by atoms with van der Waals surface area (Å²) in [6.07, 6.45) is 2.94. The normalized spacial score (nSPS) is 12.1. The topological polar surface area (TPSA) is 24.9 Å². The molecular formula is C15H18N2. The quantitative estimate of drug-likeness (QED) is 0.841. The summed E-state index contributed by atoms with van der Waals surface area (Å²) in [6.45, 7) is 3.15. The number of nitrogens with one attached hydrogen (secondary N) is 1. The van der Waals surface area contributed by atoms with E-state index in [0.717, 1.165) is 18.8 Å². The van der Waals surface area contributed by atoms with Crippen LogP contribution in [0.1, 0.15) is 24.8 Å². The molecule has 1 atom stereocenters. The lowest BCUT2D eigenvalue weighted by atomic mass is 9.96. The highest BCUT2D eigenvalue weighted by molar-refractivity contribution is 5.34. The fourth-order valence-electron chi connectivity index (χ4n) is 1.92. The second-order valence-electron chi connectivity index (χ2n) is 4.11. The van der Waals surface area contributed by atoms with E-state index < -0.39 is 0 Å². The maximum Gasteiger partial charge on any atom is 0.125 e. The summed E-state index contributed by atoms with van der Waals surface area (Å²) in [6, 6.07) is 16.6. The maximum absolute atomic E-state index is 4.27. The molecule has 1 aromatic carbocycles. The summed E-state index contributed by atoms with van der Waals surface area (Å²) in [4.78, 5) is 4.27. The Morgan fingerprint density at radius 2 is 1.82 bits per heavy atom. The van der Waals surface area contributed by atoms with Crippen molar-refractivity contribution in [3.05, 3.63) is 60.3 Å². The fourth-order valence-corrected chi connectivity index (χ4v) is 1.92. The third-order valence-corrected chi connectivity index (χ3v) is 2.96. The number of rotatable bonds is 5. The van der Waals surface area contributed by atoms with Gasteiger partial charge >= 0.3 is 0 Å². The van der Waals surface area contributed by atoms with Crippen LogP contribution in [0.2, 0.25) is 0 Å². The summed E-state index contributed by atoms with van der Waals surface area (Å²) >= 11 is 0. The lowest BCUT2D eigenvalue weighted by molar-refractivity contribution is 0.693. The smallest absolute Gasteiger partial charge is 0.125 e. The summed E-state index contributed by atoms with van der Waals surface area (Å²) < 4.78 is 0. The minimum atomic E-state index is 0.540. The van der Waals surface area contributed by atoms with Crippen molar-refractivity contribution in [1.82, 2.24) is 4.98 Å². The van der Waals surface area contributed by atoms with Gasteiger partial charge in [-0.2, -0.15) is 0 Å². The van der Waals surface area contributed by atoms with Gasteiger partial charge in [0, 0.05) is 18.7 Å². The van der Waals surface area contributed by atoms with Gasteiger partial charge < -0.3 is 5.32 Å². The molecule has 0 saturated heterocycles. The first kappa shape index (κ1) is 11.6. The van der Waals surface area contributed by atoms with Gasteiger partial charge in [0.05, 0.1) is 0 Å². The Labute approximate surface area is 103 Å². The van der Waals surface area contributed by atoms with Crippen molar-refractivity contribution >= 4 is 5.82 Å². The zero-order valence-electron chi connectivity index (χ0n) is 10.1. The Morgan fingerprint density at radius 3 is 2.47 bits per heavy atom. The van der Waals surface area contributed by atoms with Crippen molar-refractivity contribution in [2.24, 2.45) is 0 Å². The van der Waals surface area contributed by atoms with E-state index in [1.165, 1.54) is 5.56 Å². The van der Waals surface area contributed by atoms with Crippen LogP contribution in [0.3, 0.4) is 0 Å². The zero-order chi connectivity index (χ0) is 11.9. The average Bonchev–Trinajstić information content (AvgIpc) is 2.42. The Bertz CT molecular complexity index is 425. The number of hydrogen-bond donors (Lipinski definition) is 1. The minimum absolute atomic E-state index is 0.540. The summed E-state index contributed by atoms with van der Waals surface area (Å²) in [5.74, 6) is 1.49. The molecule has 1 aromatic heterocycles. The lowest BCUT2D eigenvalue weighted by Gasteiger charge is -2.16. The number of anilines is 1. The Hall–Kier alpha value is -1.83. The second-order valence-corrected chi connectivity index (χ2v) is 4.11. The lowest BCUT2D eigenvalue weighted by Crippen LogP contribution is -2.12. The summed E-state index contributed by atoms with van der Waals surface area (Å²) in [5.41, 5.74) is 1.39. The summed E-state index contributed by atoms with van der Waals surface area (Å²) in [5, 5.41) is 3.38. The Balaban J connectivity index is 1.97. The summed E-state index contributed by atoms with van der Waals surface area (Å²) in [7, 11) is 0. The van der Waals surface area contributed by atoms with Crippen LogP contribution in [-0.4, -0.2) is 11.5 Å². The fraction of sp³-hybridized carbons (Fsp3) is 0.267. The molecular weight excluding hydrogens is 208 g/mol. The minimum Gasteiger partial charge on any atom is -0.369 e. The molecule has 0 amide bonds. The van der Waals surface area contributed by atoms with Crippen molar-refractivity contribution in [3.63, 3.8) is 0 Å². The molecule has 0 fully saturated rings. The average molecular weight is 226 g/mol. The van der Waals surface area contributed by atoms with Crippen molar-refractivity contribution < 1.29 is 0 Å². The van der Waals surface area contributed by atoms with Gasteiger partial charge in [-0.3, -0.25) is 0 Å². The first-order valence-corrected chi connectivity index (χ1v) is 6.10. The predicted octanol–water partition coefficient (Wildman–Crippen LogP) is 3.69. The van der Waals surface area contributed by atoms with Crippen molar-refractivity contribution in [3.8, 4) is 0 Å². The van der Waals surface area contributed by atoms with E-state index in [9.17, 15) is 0 Å². The van der Waals surface area contributed by atoms with E-state index >= 15 is 0 Å². The van der Waals surface area contributed by atoms with Crippen LogP contribution >= 0.6 is 0 Å². The number of hydrogen-bond acceptors (Lipinski definition) is 2. The van der Waals surface area contributed by atoms with E-state index in [-0.39, 0.29) is 0 Å². The number of benzene rings is 1. The van der Waals surface area contributed by atoms with Crippen molar-refractivity contribution in [1.29, 1.82) is 0 Å². The third kappa shape index (κ3) is 3.31. The van der Waals surface area contributed by atoms with Gasteiger partial charge in [-0.15, -0.1) is 0 Å². The molecule has 2 rings (SSSR count). The van der Waals surface area contributed by atoms with Gasteiger partial charge in [-0.25, -0.2) is 4.98 Å². The van der Waals surface area contributed by atoms with E-state index in [1.807, 2.05) is 24.4 Å². The van der Waals surface area contributed by atoms with Crippen LogP contribution in [0, 0.1) is 0 Å². The molecule has 88 valence electrons. The molecule has 1 N–H and O–H groups in total. The van der Waals surface area contributed by atoms with Crippen LogP contribution in [0.25, 0.3) is 0 Å². The molecule has 0 aliphatic carbocycles. The molecule has 17 heavy (non-hydrogen) atoms. The van der Waals surface area contributed by atoms with E-state index in [2.05, 4.69) is 47.6 Å². The molecule has 0 saturated carbocycles. The Kier molecular flexibility index (Phi) is 4.14. The second kappa shape index (κ2) is 6.04. The molecule has 2 aromatic rings. The Morgan fingerprint density at radius 1 is 1.06 bits per heavy atom. The van der Waals surface area contributed by atoms with Gasteiger partial charge in [-0.1, -0.05) is 43.3 Å². The van der Waals surface area contributed by atoms with Gasteiger partial charge in [0.1, 0.15) is 5.82 Å². The van der Waals surface area contributed by atoms with E-state index in [4.69, 9.17) is 0 Å². The van der Waals surface area contributed by atoms with Gasteiger partial charge in [0.2, 0.25) is 0 Å². The molecule has 2 heteroatoms. The highest BCUT2D eigenvalue weighted by Gasteiger charge is 2.08. The highest BCUT2D eigenvalue weighted by atomic mass is 15.0. The number of pyridine rings is 1. The standard InChI is InChI=1S/C15H18N2/c1-2-13(14-8-4-3-5-9-14)12-17-15-10-6-7-11-16-15/h3-11,13H,2,12H2,1H3,(H,16,17). The largest absolute Gasteiger partial charge is 0.369 e. The SMILES string of the molecule is CCC(CNc1ccccn1)c1ccccc1. The van der Waals surface area contributed by atoms with Gasteiger partial charge in [-0.05, 0) is 24.1 Å². The van der Waals surface area contributed by atoms with Crippen LogP contribution in [0.4, 0.5) is 5.82 Å². The predicted molar refractivity (Wildman–Crippen MR) is 72.2 cm³/mol. The molecule has 0 aliphatic rings. The molecule has 0 aliphatic heterocycles. The highest BCUT2D eigenvalue weighted by Crippen LogP contribution is 2.19. The molecule has 2 nitrogen and oxygen atoms in total. The maximum atomic E-state index is 4.27. The molecule has 1 unspecified atom stereocenters. The zero-order valence-corrected chi connectivity index (χ0v) is 10.1. The molecule has 0 bridgehead atoms. The van der Waals surface area contributed by atoms with Crippen molar-refractivity contribution in [2.45, 2.75) is 19.3 Å². The molecule has 0 spiro atoms. The van der Waals surface area contributed by atoms with Crippen LogP contribution in [0.15, 0.2) is 54.7 Å². The number of aromatic nitrogens is 1. The van der Waals surface area contributed by atoms with Gasteiger partial charge in [0.25, 0.3) is 0 Å². The molecule has 1 heterocycles. The first-order chi connectivity index (χ1) is 8.40. The van der Waals surface area contributed by atoms with Crippen molar-refractivity contribution in [2.75, 3.05) is 11.9 Å². The van der Waals surface area contributed by atoms with Crippen LogP contribution in [-0.2, 0) is 0 Å². The third-order valence-electron chi connectivity index (χ3n) is 2.96. The van der Waals surface area contributed by atoms with E-state index in [1.54, 1.807) is 0 Å². The van der Waals surface area contributed by atoms with Crippen LogP contribution in [0.5, 0.6) is 0 Å². The van der Waals surface area contributed by atoms with Crippen LogP contribution < -0.4 is 5.32 Å².